The van der Waals surface area contributed by atoms with Gasteiger partial charge in [-0.1, -0.05) is 37.3 Å². The molecular formula is C12H13N3. The smallest absolute Gasteiger partial charge is 0.207 e. The van der Waals surface area contributed by atoms with Gasteiger partial charge in [-0.25, -0.2) is 0 Å². The van der Waals surface area contributed by atoms with Crippen molar-refractivity contribution in [1.29, 1.82) is 5.26 Å². The number of hydrogen-bond donors (Lipinski definition) is 1. The first-order valence-electron chi connectivity index (χ1n) is 4.76. The van der Waals surface area contributed by atoms with Crippen molar-refractivity contribution in [3.8, 4) is 6.19 Å². The van der Waals surface area contributed by atoms with Gasteiger partial charge in [-0.15, -0.1) is 0 Å². The molecule has 1 aromatic rings. The molecular weight excluding hydrogens is 186 g/mol. The van der Waals surface area contributed by atoms with Gasteiger partial charge in [0, 0.05) is 0 Å². The highest BCUT2D eigenvalue weighted by atomic mass is 14.8. The van der Waals surface area contributed by atoms with Crippen molar-refractivity contribution in [3.63, 3.8) is 0 Å². The summed E-state index contributed by atoms with van der Waals surface area (Å²) in [7, 11) is 0. The molecule has 3 heteroatoms. The Kier molecular flexibility index (Phi) is 4.11. The fraction of sp³-hybridized carbons (Fsp3) is 0.167. The Hall–Kier alpha value is -2.08. The van der Waals surface area contributed by atoms with E-state index >= 15 is 0 Å². The molecule has 0 radical (unpaired) electrons. The van der Waals surface area contributed by atoms with Crippen LogP contribution in [0, 0.1) is 11.5 Å². The first-order valence-corrected chi connectivity index (χ1v) is 4.76. The molecule has 1 rings (SSSR count). The SMILES string of the molecule is CCC(=CC(N)=NC#N)c1ccccc1. The molecule has 0 atom stereocenters. The monoisotopic (exact) mass is 199 g/mol. The van der Waals surface area contributed by atoms with E-state index in [2.05, 4.69) is 4.99 Å². The van der Waals surface area contributed by atoms with Crippen LogP contribution in [0.1, 0.15) is 18.9 Å². The summed E-state index contributed by atoms with van der Waals surface area (Å²) in [6.45, 7) is 2.04. The van der Waals surface area contributed by atoms with Gasteiger partial charge in [0.05, 0.1) is 0 Å². The van der Waals surface area contributed by atoms with Crippen LogP contribution in [0.4, 0.5) is 0 Å². The highest BCUT2D eigenvalue weighted by Gasteiger charge is 1.98. The maximum Gasteiger partial charge on any atom is 0.207 e. The van der Waals surface area contributed by atoms with E-state index in [0.29, 0.717) is 0 Å². The van der Waals surface area contributed by atoms with Crippen molar-refractivity contribution in [3.05, 3.63) is 42.0 Å². The van der Waals surface area contributed by atoms with E-state index in [1.165, 1.54) is 0 Å². The number of nitriles is 1. The Labute approximate surface area is 89.6 Å². The Bertz CT molecular complexity index is 410. The Morgan fingerprint density at radius 2 is 2.13 bits per heavy atom. The normalized spacial score (nSPS) is 12.3. The zero-order chi connectivity index (χ0) is 11.1. The molecule has 1 aromatic carbocycles. The summed E-state index contributed by atoms with van der Waals surface area (Å²) >= 11 is 0. The zero-order valence-corrected chi connectivity index (χ0v) is 8.64. The summed E-state index contributed by atoms with van der Waals surface area (Å²) in [6, 6.07) is 9.92. The third kappa shape index (κ3) is 3.28. The second-order valence-electron chi connectivity index (χ2n) is 3.03. The van der Waals surface area contributed by atoms with Gasteiger partial charge < -0.3 is 5.73 Å². The molecule has 0 aliphatic rings. The van der Waals surface area contributed by atoms with Crippen molar-refractivity contribution in [1.82, 2.24) is 0 Å². The molecule has 0 heterocycles. The standard InChI is InChI=1S/C12H13N3/c1-2-10(8-12(14)15-9-13)11-6-4-3-5-7-11/h3-8H,2H2,1H3,(H2,14,15). The largest absolute Gasteiger partial charge is 0.383 e. The van der Waals surface area contributed by atoms with E-state index in [-0.39, 0.29) is 5.84 Å². The topological polar surface area (TPSA) is 62.2 Å². The predicted octanol–water partition coefficient (Wildman–Crippen LogP) is 2.32. The van der Waals surface area contributed by atoms with Crippen LogP contribution in [0.15, 0.2) is 41.4 Å². The van der Waals surface area contributed by atoms with Gasteiger partial charge in [0.1, 0.15) is 5.84 Å². The molecule has 0 aliphatic carbocycles. The molecule has 0 fully saturated rings. The number of nitrogens with zero attached hydrogens (tertiary/aromatic N) is 2. The number of benzene rings is 1. The average Bonchev–Trinajstić information content (AvgIpc) is 2.27. The first-order chi connectivity index (χ1) is 7.27. The molecule has 0 aromatic heterocycles. The molecule has 3 nitrogen and oxygen atoms in total. The highest BCUT2D eigenvalue weighted by Crippen LogP contribution is 2.16. The van der Waals surface area contributed by atoms with Crippen LogP contribution in [-0.2, 0) is 0 Å². The minimum Gasteiger partial charge on any atom is -0.383 e. The second kappa shape index (κ2) is 5.61. The van der Waals surface area contributed by atoms with E-state index in [0.717, 1.165) is 17.6 Å². The molecule has 0 unspecified atom stereocenters. The second-order valence-corrected chi connectivity index (χ2v) is 3.03. The molecule has 0 saturated carbocycles. The van der Waals surface area contributed by atoms with Crippen LogP contribution >= 0.6 is 0 Å². The van der Waals surface area contributed by atoms with Crippen LogP contribution in [0.25, 0.3) is 5.57 Å². The van der Waals surface area contributed by atoms with Gasteiger partial charge in [-0.05, 0) is 23.6 Å². The maximum absolute atomic E-state index is 8.35. The van der Waals surface area contributed by atoms with Crippen LogP contribution in [0.5, 0.6) is 0 Å². The van der Waals surface area contributed by atoms with E-state index in [4.69, 9.17) is 11.0 Å². The van der Waals surface area contributed by atoms with Gasteiger partial charge in [-0.3, -0.25) is 0 Å². The van der Waals surface area contributed by atoms with Crippen LogP contribution in [-0.4, -0.2) is 5.84 Å². The molecule has 2 N–H and O–H groups in total. The maximum atomic E-state index is 8.35. The van der Waals surface area contributed by atoms with Gasteiger partial charge in [0.2, 0.25) is 6.19 Å². The third-order valence-electron chi connectivity index (χ3n) is 2.03. The van der Waals surface area contributed by atoms with Gasteiger partial charge in [0.25, 0.3) is 0 Å². The Morgan fingerprint density at radius 3 is 2.67 bits per heavy atom. The Balaban J connectivity index is 3.01. The van der Waals surface area contributed by atoms with Crippen LogP contribution in [0.2, 0.25) is 0 Å². The van der Waals surface area contributed by atoms with Gasteiger partial charge in [0.15, 0.2) is 0 Å². The van der Waals surface area contributed by atoms with E-state index < -0.39 is 0 Å². The highest BCUT2D eigenvalue weighted by molar-refractivity contribution is 5.98. The molecule has 0 saturated heterocycles. The number of nitrogens with two attached hydrogens (primary N) is 1. The van der Waals surface area contributed by atoms with Crippen molar-refractivity contribution < 1.29 is 0 Å². The predicted molar refractivity (Wildman–Crippen MR) is 61.9 cm³/mol. The lowest BCUT2D eigenvalue weighted by Gasteiger charge is -2.03. The van der Waals surface area contributed by atoms with Crippen molar-refractivity contribution in [2.45, 2.75) is 13.3 Å². The lowest BCUT2D eigenvalue weighted by atomic mass is 10.0. The van der Waals surface area contributed by atoms with Crippen molar-refractivity contribution >= 4 is 11.4 Å². The number of allylic oxidation sites excluding steroid dienone is 1. The quantitative estimate of drug-likeness (QED) is 0.461. The summed E-state index contributed by atoms with van der Waals surface area (Å²) in [6.07, 6.45) is 4.25. The molecule has 0 amide bonds. The summed E-state index contributed by atoms with van der Waals surface area (Å²) in [5.74, 6) is 0.248. The third-order valence-corrected chi connectivity index (χ3v) is 2.03. The number of rotatable bonds is 3. The van der Waals surface area contributed by atoms with Crippen LogP contribution in [0.3, 0.4) is 0 Å². The van der Waals surface area contributed by atoms with Crippen molar-refractivity contribution in [2.24, 2.45) is 10.7 Å². The lowest BCUT2D eigenvalue weighted by molar-refractivity contribution is 1.24. The number of amidine groups is 1. The molecule has 15 heavy (non-hydrogen) atoms. The molecule has 0 aliphatic heterocycles. The fourth-order valence-electron chi connectivity index (χ4n) is 1.31. The summed E-state index contributed by atoms with van der Waals surface area (Å²) in [5.41, 5.74) is 7.73. The lowest BCUT2D eigenvalue weighted by Crippen LogP contribution is -2.07. The van der Waals surface area contributed by atoms with Gasteiger partial charge in [-0.2, -0.15) is 10.3 Å². The minimum absolute atomic E-state index is 0.248. The Morgan fingerprint density at radius 1 is 1.47 bits per heavy atom. The first kappa shape index (κ1) is 11.0. The van der Waals surface area contributed by atoms with Crippen molar-refractivity contribution in [2.75, 3.05) is 0 Å². The fourth-order valence-corrected chi connectivity index (χ4v) is 1.31. The summed E-state index contributed by atoms with van der Waals surface area (Å²) < 4.78 is 0. The van der Waals surface area contributed by atoms with E-state index in [1.54, 1.807) is 12.3 Å². The number of hydrogen-bond acceptors (Lipinski definition) is 2. The zero-order valence-electron chi connectivity index (χ0n) is 8.64. The molecule has 0 spiro atoms. The summed E-state index contributed by atoms with van der Waals surface area (Å²) in [5, 5.41) is 8.35. The average molecular weight is 199 g/mol. The van der Waals surface area contributed by atoms with E-state index in [9.17, 15) is 0 Å². The molecule has 76 valence electrons. The number of aliphatic imine (C=N–C) groups is 1. The van der Waals surface area contributed by atoms with Gasteiger partial charge >= 0.3 is 0 Å². The summed E-state index contributed by atoms with van der Waals surface area (Å²) in [4.78, 5) is 3.46. The molecule has 0 bridgehead atoms. The van der Waals surface area contributed by atoms with E-state index in [1.807, 2.05) is 37.3 Å². The minimum atomic E-state index is 0.248. The van der Waals surface area contributed by atoms with Crippen LogP contribution < -0.4 is 5.73 Å².